The maximum absolute atomic E-state index is 12.9. The van der Waals surface area contributed by atoms with Crippen molar-refractivity contribution >= 4 is 34.6 Å². The van der Waals surface area contributed by atoms with Gasteiger partial charge in [0, 0.05) is 23.3 Å². The molecule has 7 heteroatoms. The fraction of sp³-hybridized carbons (Fsp3) is 0.0769. The van der Waals surface area contributed by atoms with Crippen molar-refractivity contribution in [3.8, 4) is 0 Å². The first-order valence-electron chi connectivity index (χ1n) is 5.59. The first kappa shape index (κ1) is 14.6. The molecule has 4 nitrogen and oxygen atoms in total. The molecule has 0 aromatic heterocycles. The summed E-state index contributed by atoms with van der Waals surface area (Å²) in [5.41, 5.74) is 1.04. The van der Waals surface area contributed by atoms with Crippen LogP contribution in [-0.2, 0) is 6.54 Å². The number of nitrogens with one attached hydrogen (secondary N) is 1. The molecule has 2 aromatic carbocycles. The average molecular weight is 315 g/mol. The first-order chi connectivity index (χ1) is 9.47. The number of nitro benzene ring substituents is 1. The number of anilines is 1. The van der Waals surface area contributed by atoms with E-state index in [-0.39, 0.29) is 10.7 Å². The van der Waals surface area contributed by atoms with Crippen LogP contribution in [0.1, 0.15) is 5.56 Å². The van der Waals surface area contributed by atoms with Crippen LogP contribution in [0.25, 0.3) is 0 Å². The minimum Gasteiger partial charge on any atom is -0.381 e. The van der Waals surface area contributed by atoms with E-state index in [0.29, 0.717) is 22.8 Å². The van der Waals surface area contributed by atoms with Gasteiger partial charge in [0.25, 0.3) is 5.69 Å². The molecule has 0 saturated carbocycles. The van der Waals surface area contributed by atoms with Gasteiger partial charge in [-0.3, -0.25) is 10.1 Å². The maximum Gasteiger partial charge on any atom is 0.289 e. The van der Waals surface area contributed by atoms with Gasteiger partial charge in [-0.05, 0) is 29.8 Å². The van der Waals surface area contributed by atoms with Crippen molar-refractivity contribution < 1.29 is 9.31 Å². The normalized spacial score (nSPS) is 10.3. The number of hydrogen-bond donors (Lipinski definition) is 1. The Kier molecular flexibility index (Phi) is 4.42. The molecule has 0 fully saturated rings. The zero-order valence-corrected chi connectivity index (χ0v) is 11.6. The SMILES string of the molecule is O=[N+]([O-])c1cc(NCc2ccc(F)cc2Cl)ccc1Cl. The molecule has 2 rings (SSSR count). The van der Waals surface area contributed by atoms with Crippen molar-refractivity contribution in [2.45, 2.75) is 6.54 Å². The molecular weight excluding hydrogens is 306 g/mol. The van der Waals surface area contributed by atoms with Gasteiger partial charge in [-0.2, -0.15) is 0 Å². The molecule has 0 aliphatic heterocycles. The fourth-order valence-electron chi connectivity index (χ4n) is 1.62. The summed E-state index contributed by atoms with van der Waals surface area (Å²) in [6, 6.07) is 8.45. The lowest BCUT2D eigenvalue weighted by Gasteiger charge is -2.08. The van der Waals surface area contributed by atoms with Crippen LogP contribution in [0.2, 0.25) is 10.0 Å². The summed E-state index contributed by atoms with van der Waals surface area (Å²) >= 11 is 11.6. The minimum absolute atomic E-state index is 0.0698. The van der Waals surface area contributed by atoms with Crippen molar-refractivity contribution in [1.82, 2.24) is 0 Å². The maximum atomic E-state index is 12.9. The molecule has 0 unspecified atom stereocenters. The third-order valence-electron chi connectivity index (χ3n) is 2.64. The number of halogens is 3. The van der Waals surface area contributed by atoms with Crippen LogP contribution in [-0.4, -0.2) is 4.92 Å². The van der Waals surface area contributed by atoms with Gasteiger partial charge in [0.1, 0.15) is 10.8 Å². The van der Waals surface area contributed by atoms with Crippen molar-refractivity contribution in [1.29, 1.82) is 0 Å². The molecule has 0 heterocycles. The summed E-state index contributed by atoms with van der Waals surface area (Å²) in [7, 11) is 0. The summed E-state index contributed by atoms with van der Waals surface area (Å²) in [4.78, 5) is 10.2. The second kappa shape index (κ2) is 6.07. The highest BCUT2D eigenvalue weighted by molar-refractivity contribution is 6.32. The van der Waals surface area contributed by atoms with Gasteiger partial charge >= 0.3 is 0 Å². The Labute approximate surface area is 124 Å². The Morgan fingerprint density at radius 3 is 2.55 bits per heavy atom. The van der Waals surface area contributed by atoms with Crippen molar-refractivity contribution in [3.05, 3.63) is 67.9 Å². The Bertz CT molecular complexity index is 665. The van der Waals surface area contributed by atoms with Gasteiger partial charge in [-0.15, -0.1) is 0 Å². The predicted molar refractivity (Wildman–Crippen MR) is 76.8 cm³/mol. The molecule has 0 radical (unpaired) electrons. The van der Waals surface area contributed by atoms with Crippen LogP contribution in [0.3, 0.4) is 0 Å². The lowest BCUT2D eigenvalue weighted by Crippen LogP contribution is -2.01. The van der Waals surface area contributed by atoms with E-state index in [2.05, 4.69) is 5.32 Å². The summed E-state index contributed by atoms with van der Waals surface area (Å²) in [6.45, 7) is 0.317. The zero-order chi connectivity index (χ0) is 14.7. The van der Waals surface area contributed by atoms with Gasteiger partial charge < -0.3 is 5.32 Å². The van der Waals surface area contributed by atoms with Crippen LogP contribution in [0.5, 0.6) is 0 Å². The highest BCUT2D eigenvalue weighted by atomic mass is 35.5. The summed E-state index contributed by atoms with van der Waals surface area (Å²) in [5.74, 6) is -0.416. The molecule has 20 heavy (non-hydrogen) atoms. The molecule has 2 aromatic rings. The molecule has 0 amide bonds. The fourth-order valence-corrected chi connectivity index (χ4v) is 2.05. The summed E-state index contributed by atoms with van der Waals surface area (Å²) in [6.07, 6.45) is 0. The van der Waals surface area contributed by atoms with Gasteiger partial charge in [0.05, 0.1) is 4.92 Å². The minimum atomic E-state index is -0.557. The van der Waals surface area contributed by atoms with E-state index >= 15 is 0 Å². The average Bonchev–Trinajstić information content (AvgIpc) is 2.39. The molecule has 0 aliphatic rings. The van der Waals surface area contributed by atoms with Gasteiger partial charge in [-0.25, -0.2) is 4.39 Å². The predicted octanol–water partition coefficient (Wildman–Crippen LogP) is 4.65. The monoisotopic (exact) mass is 314 g/mol. The topological polar surface area (TPSA) is 55.2 Å². The van der Waals surface area contributed by atoms with Crippen molar-refractivity contribution in [3.63, 3.8) is 0 Å². The highest BCUT2D eigenvalue weighted by Gasteiger charge is 2.12. The van der Waals surface area contributed by atoms with Crippen molar-refractivity contribution in [2.75, 3.05) is 5.32 Å². The number of nitro groups is 1. The molecule has 0 saturated heterocycles. The van der Waals surface area contributed by atoms with Gasteiger partial charge in [0.2, 0.25) is 0 Å². The molecule has 0 spiro atoms. The standard InChI is InChI=1S/C13H9Cl2FN2O2/c14-11-4-3-10(6-13(11)18(19)20)17-7-8-1-2-9(16)5-12(8)15/h1-6,17H,7H2. The Balaban J connectivity index is 2.15. The lowest BCUT2D eigenvalue weighted by atomic mass is 10.2. The number of hydrogen-bond acceptors (Lipinski definition) is 3. The zero-order valence-electron chi connectivity index (χ0n) is 10.1. The molecule has 0 atom stereocenters. The van der Waals surface area contributed by atoms with Crippen LogP contribution in [0, 0.1) is 15.9 Å². The summed E-state index contributed by atoms with van der Waals surface area (Å²) in [5, 5.41) is 14.1. The second-order valence-corrected chi connectivity index (χ2v) is 4.83. The van der Waals surface area contributed by atoms with Crippen LogP contribution < -0.4 is 5.32 Å². The smallest absolute Gasteiger partial charge is 0.289 e. The largest absolute Gasteiger partial charge is 0.381 e. The third-order valence-corrected chi connectivity index (χ3v) is 3.31. The number of nitrogens with zero attached hydrogens (tertiary/aromatic N) is 1. The van der Waals surface area contributed by atoms with E-state index in [9.17, 15) is 14.5 Å². The second-order valence-electron chi connectivity index (χ2n) is 4.01. The molecular formula is C13H9Cl2FN2O2. The number of rotatable bonds is 4. The van der Waals surface area contributed by atoms with E-state index in [4.69, 9.17) is 23.2 Å². The third kappa shape index (κ3) is 3.37. The highest BCUT2D eigenvalue weighted by Crippen LogP contribution is 2.28. The van der Waals surface area contributed by atoms with E-state index < -0.39 is 10.7 Å². The quantitative estimate of drug-likeness (QED) is 0.660. The van der Waals surface area contributed by atoms with Crippen LogP contribution in [0.4, 0.5) is 15.8 Å². The number of benzene rings is 2. The Hall–Kier alpha value is -1.85. The Morgan fingerprint density at radius 1 is 1.15 bits per heavy atom. The lowest BCUT2D eigenvalue weighted by molar-refractivity contribution is -0.384. The first-order valence-corrected chi connectivity index (χ1v) is 6.34. The molecule has 104 valence electrons. The van der Waals surface area contributed by atoms with Gasteiger partial charge in [-0.1, -0.05) is 29.3 Å². The van der Waals surface area contributed by atoms with Gasteiger partial charge in [0.15, 0.2) is 0 Å². The van der Waals surface area contributed by atoms with E-state index in [1.54, 1.807) is 12.1 Å². The van der Waals surface area contributed by atoms with E-state index in [1.165, 1.54) is 24.3 Å². The summed E-state index contributed by atoms with van der Waals surface area (Å²) < 4.78 is 12.9. The van der Waals surface area contributed by atoms with E-state index in [0.717, 1.165) is 0 Å². The molecule has 1 N–H and O–H groups in total. The van der Waals surface area contributed by atoms with E-state index in [1.807, 2.05) is 0 Å². The van der Waals surface area contributed by atoms with Crippen molar-refractivity contribution in [2.24, 2.45) is 0 Å². The molecule has 0 aliphatic carbocycles. The van der Waals surface area contributed by atoms with Crippen LogP contribution >= 0.6 is 23.2 Å². The van der Waals surface area contributed by atoms with Crippen LogP contribution in [0.15, 0.2) is 36.4 Å². The molecule has 0 bridgehead atoms. The Morgan fingerprint density at radius 2 is 1.90 bits per heavy atom.